The molecule has 0 aromatic heterocycles. The predicted molar refractivity (Wildman–Crippen MR) is 85.6 cm³/mol. The quantitative estimate of drug-likeness (QED) is 0.341. The second-order valence-electron chi connectivity index (χ2n) is 5.52. The van der Waals surface area contributed by atoms with Gasteiger partial charge in [-0.2, -0.15) is 0 Å². The highest BCUT2D eigenvalue weighted by atomic mass is 14.9. The molecule has 0 aliphatic rings. The van der Waals surface area contributed by atoms with E-state index in [9.17, 15) is 0 Å². The topological polar surface area (TPSA) is 62.1 Å². The van der Waals surface area contributed by atoms with E-state index >= 15 is 0 Å². The minimum Gasteiger partial charge on any atom is -0.329 e. The van der Waals surface area contributed by atoms with Gasteiger partial charge in [-0.1, -0.05) is 26.7 Å². The maximum Gasteiger partial charge on any atom is 0.00745 e. The highest BCUT2D eigenvalue weighted by molar-refractivity contribution is 4.55. The van der Waals surface area contributed by atoms with Gasteiger partial charge >= 0.3 is 0 Å². The van der Waals surface area contributed by atoms with Gasteiger partial charge in [0.15, 0.2) is 0 Å². The third-order valence-electron chi connectivity index (χ3n) is 3.11. The van der Waals surface area contributed by atoms with E-state index in [2.05, 4.69) is 29.8 Å². The Balaban J connectivity index is 2.91. The zero-order valence-electron chi connectivity index (χ0n) is 13.1. The molecule has 0 aromatic rings. The fraction of sp³-hybridized carbons (Fsp3) is 1.00. The molecule has 0 saturated heterocycles. The summed E-state index contributed by atoms with van der Waals surface area (Å²) in [5.41, 5.74) is 5.41. The summed E-state index contributed by atoms with van der Waals surface area (Å²) in [7, 11) is 0. The van der Waals surface area contributed by atoms with Gasteiger partial charge < -0.3 is 21.7 Å². The Hall–Kier alpha value is -0.160. The third-order valence-corrected chi connectivity index (χ3v) is 3.11. The molecule has 0 saturated carbocycles. The predicted octanol–water partition coefficient (Wildman–Crippen LogP) is 1.46. The highest BCUT2D eigenvalue weighted by Crippen LogP contribution is 1.95. The number of unbranched alkanes of at least 4 members (excludes halogenated alkanes) is 4. The van der Waals surface area contributed by atoms with Crippen molar-refractivity contribution in [3.63, 3.8) is 0 Å². The van der Waals surface area contributed by atoms with E-state index in [1.54, 1.807) is 0 Å². The first-order chi connectivity index (χ1) is 9.27. The number of nitrogens with two attached hydrogens (primary N) is 1. The van der Waals surface area contributed by atoms with Crippen LogP contribution in [0.5, 0.6) is 0 Å². The van der Waals surface area contributed by atoms with Gasteiger partial charge in [0.25, 0.3) is 0 Å². The highest BCUT2D eigenvalue weighted by Gasteiger charge is 1.93. The fourth-order valence-electron chi connectivity index (χ4n) is 1.97. The summed E-state index contributed by atoms with van der Waals surface area (Å²) < 4.78 is 0. The molecule has 0 radical (unpaired) electrons. The first-order valence-corrected chi connectivity index (χ1v) is 8.12. The number of hydrogen-bond donors (Lipinski definition) is 4. The number of hydrogen-bond acceptors (Lipinski definition) is 4. The SMILES string of the molecule is CC(C)NCCCCCNCCCCCNCCN. The lowest BCUT2D eigenvalue weighted by Gasteiger charge is -2.08. The van der Waals surface area contributed by atoms with E-state index in [0.717, 1.165) is 26.2 Å². The lowest BCUT2D eigenvalue weighted by molar-refractivity contribution is 0.527. The molecule has 0 aliphatic heterocycles. The first kappa shape index (κ1) is 18.8. The van der Waals surface area contributed by atoms with Gasteiger partial charge in [-0.15, -0.1) is 0 Å². The van der Waals surface area contributed by atoms with Crippen molar-refractivity contribution in [3.8, 4) is 0 Å². The molecule has 0 spiro atoms. The Kier molecular flexibility index (Phi) is 15.8. The zero-order valence-corrected chi connectivity index (χ0v) is 13.1. The van der Waals surface area contributed by atoms with Crippen LogP contribution in [0.4, 0.5) is 0 Å². The standard InChI is InChI=1S/C15H36N4/c1-15(2)19-13-8-4-7-11-17-10-5-3-6-12-18-14-9-16/h15,17-19H,3-14,16H2,1-2H3. The van der Waals surface area contributed by atoms with Crippen LogP contribution in [-0.4, -0.2) is 45.3 Å². The van der Waals surface area contributed by atoms with Crippen LogP contribution >= 0.6 is 0 Å². The van der Waals surface area contributed by atoms with Gasteiger partial charge in [-0.3, -0.25) is 0 Å². The van der Waals surface area contributed by atoms with Gasteiger partial charge in [0.2, 0.25) is 0 Å². The zero-order chi connectivity index (χ0) is 14.2. The Bertz CT molecular complexity index is 162. The molecule has 0 amide bonds. The first-order valence-electron chi connectivity index (χ1n) is 8.12. The van der Waals surface area contributed by atoms with Crippen LogP contribution in [0.2, 0.25) is 0 Å². The summed E-state index contributed by atoms with van der Waals surface area (Å²) in [4.78, 5) is 0. The Morgan fingerprint density at radius 2 is 1.16 bits per heavy atom. The van der Waals surface area contributed by atoms with Crippen molar-refractivity contribution in [2.75, 3.05) is 39.3 Å². The van der Waals surface area contributed by atoms with Crippen LogP contribution in [0.1, 0.15) is 52.4 Å². The summed E-state index contributed by atoms with van der Waals surface area (Å²) in [6.07, 6.45) is 7.80. The fourth-order valence-corrected chi connectivity index (χ4v) is 1.97. The molecule has 0 aliphatic carbocycles. The summed E-state index contributed by atoms with van der Waals surface area (Å²) >= 11 is 0. The average molecular weight is 272 g/mol. The van der Waals surface area contributed by atoms with Crippen molar-refractivity contribution in [1.82, 2.24) is 16.0 Å². The second kappa shape index (κ2) is 15.9. The molecule has 4 heteroatoms. The Labute approximate surface area is 120 Å². The van der Waals surface area contributed by atoms with Gasteiger partial charge in [0.1, 0.15) is 0 Å². The van der Waals surface area contributed by atoms with Crippen LogP contribution in [0, 0.1) is 0 Å². The molecule has 0 aromatic carbocycles. The number of rotatable bonds is 15. The van der Waals surface area contributed by atoms with Crippen LogP contribution in [0.3, 0.4) is 0 Å². The van der Waals surface area contributed by atoms with Gasteiger partial charge in [0.05, 0.1) is 0 Å². The van der Waals surface area contributed by atoms with E-state index in [4.69, 9.17) is 5.73 Å². The van der Waals surface area contributed by atoms with Crippen LogP contribution < -0.4 is 21.7 Å². The van der Waals surface area contributed by atoms with Crippen molar-refractivity contribution in [1.29, 1.82) is 0 Å². The summed E-state index contributed by atoms with van der Waals surface area (Å²) in [6, 6.07) is 0.623. The van der Waals surface area contributed by atoms with Crippen molar-refractivity contribution in [2.24, 2.45) is 5.73 Å². The van der Waals surface area contributed by atoms with E-state index in [1.807, 2.05) is 0 Å². The molecular formula is C15H36N4. The van der Waals surface area contributed by atoms with Crippen molar-refractivity contribution < 1.29 is 0 Å². The average Bonchev–Trinajstić information content (AvgIpc) is 2.39. The molecule has 0 bridgehead atoms. The van der Waals surface area contributed by atoms with E-state index in [0.29, 0.717) is 6.04 Å². The van der Waals surface area contributed by atoms with Crippen molar-refractivity contribution in [3.05, 3.63) is 0 Å². The van der Waals surface area contributed by atoms with Crippen LogP contribution in [0.15, 0.2) is 0 Å². The molecule has 4 nitrogen and oxygen atoms in total. The van der Waals surface area contributed by atoms with Gasteiger partial charge in [-0.25, -0.2) is 0 Å². The molecule has 0 unspecified atom stereocenters. The number of nitrogens with one attached hydrogen (secondary N) is 3. The van der Waals surface area contributed by atoms with E-state index in [1.165, 1.54) is 51.6 Å². The van der Waals surface area contributed by atoms with Gasteiger partial charge in [-0.05, 0) is 51.9 Å². The molecular weight excluding hydrogens is 236 g/mol. The maximum absolute atomic E-state index is 5.41. The normalized spacial score (nSPS) is 11.4. The van der Waals surface area contributed by atoms with Gasteiger partial charge in [0, 0.05) is 19.1 Å². The summed E-state index contributed by atoms with van der Waals surface area (Å²) in [5, 5.41) is 10.3. The maximum atomic E-state index is 5.41. The minimum atomic E-state index is 0.623. The molecule has 116 valence electrons. The van der Waals surface area contributed by atoms with E-state index in [-0.39, 0.29) is 0 Å². The Morgan fingerprint density at radius 1 is 0.684 bits per heavy atom. The van der Waals surface area contributed by atoms with Crippen molar-refractivity contribution in [2.45, 2.75) is 58.4 Å². The van der Waals surface area contributed by atoms with E-state index < -0.39 is 0 Å². The lowest BCUT2D eigenvalue weighted by atomic mass is 10.2. The van der Waals surface area contributed by atoms with Crippen LogP contribution in [0.25, 0.3) is 0 Å². The monoisotopic (exact) mass is 272 g/mol. The minimum absolute atomic E-state index is 0.623. The van der Waals surface area contributed by atoms with Crippen LogP contribution in [-0.2, 0) is 0 Å². The summed E-state index contributed by atoms with van der Waals surface area (Å²) in [6.45, 7) is 10.7. The molecule has 19 heavy (non-hydrogen) atoms. The smallest absolute Gasteiger partial charge is 0.00745 e. The third kappa shape index (κ3) is 17.8. The lowest BCUT2D eigenvalue weighted by Crippen LogP contribution is -2.24. The molecule has 5 N–H and O–H groups in total. The second-order valence-corrected chi connectivity index (χ2v) is 5.52. The summed E-state index contributed by atoms with van der Waals surface area (Å²) in [5.74, 6) is 0. The molecule has 0 heterocycles. The molecule has 0 atom stereocenters. The van der Waals surface area contributed by atoms with Crippen molar-refractivity contribution >= 4 is 0 Å². The Morgan fingerprint density at radius 3 is 1.63 bits per heavy atom. The largest absolute Gasteiger partial charge is 0.329 e. The molecule has 0 rings (SSSR count). The molecule has 0 fully saturated rings.